The molecule has 3 aromatic rings. The van der Waals surface area contributed by atoms with Gasteiger partial charge in [-0.25, -0.2) is 0 Å². The molecule has 0 spiro atoms. The fourth-order valence-electron chi connectivity index (χ4n) is 2.95. The largest absolute Gasteiger partial charge is 0.508 e. The van der Waals surface area contributed by atoms with Gasteiger partial charge in [0.1, 0.15) is 5.75 Å². The van der Waals surface area contributed by atoms with Crippen LogP contribution in [0.2, 0.25) is 0 Å². The van der Waals surface area contributed by atoms with Gasteiger partial charge in [-0.3, -0.25) is 0 Å². The minimum Gasteiger partial charge on any atom is -0.508 e. The van der Waals surface area contributed by atoms with Crippen molar-refractivity contribution in [3.8, 4) is 5.75 Å². The monoisotopic (exact) mass is 360 g/mol. The molecule has 3 rings (SSSR count). The third-order valence-electron chi connectivity index (χ3n) is 5.09. The Kier molecular flexibility index (Phi) is 6.85. The van der Waals surface area contributed by atoms with E-state index in [9.17, 15) is 5.11 Å². The minimum absolute atomic E-state index is 0.0961. The number of rotatable bonds is 2. The Bertz CT molecular complexity index is 836. The molecule has 0 bridgehead atoms. The van der Waals surface area contributed by atoms with Crippen LogP contribution in [0.25, 0.3) is 0 Å². The van der Waals surface area contributed by atoms with E-state index in [0.29, 0.717) is 5.75 Å². The summed E-state index contributed by atoms with van der Waals surface area (Å²) >= 11 is 0. The third-order valence-corrected chi connectivity index (χ3v) is 5.09. The summed E-state index contributed by atoms with van der Waals surface area (Å²) in [4.78, 5) is 0. The molecule has 3 aromatic carbocycles. The molecular formula is C26H32O. The summed E-state index contributed by atoms with van der Waals surface area (Å²) in [5.74, 6) is 0.577. The number of aromatic hydroxyl groups is 1. The molecule has 0 aliphatic carbocycles. The van der Waals surface area contributed by atoms with E-state index in [1.165, 1.54) is 22.3 Å². The Balaban J connectivity index is 0.000000273. The van der Waals surface area contributed by atoms with Gasteiger partial charge in [0.05, 0.1) is 0 Å². The van der Waals surface area contributed by atoms with Crippen molar-refractivity contribution in [1.82, 2.24) is 0 Å². The van der Waals surface area contributed by atoms with E-state index in [-0.39, 0.29) is 11.3 Å². The minimum atomic E-state index is 0.0961. The fraction of sp³-hybridized carbons (Fsp3) is 0.308. The summed E-state index contributed by atoms with van der Waals surface area (Å²) in [6, 6.07) is 24.6. The highest BCUT2D eigenvalue weighted by Gasteiger charge is 2.18. The molecular weight excluding hydrogens is 328 g/mol. The van der Waals surface area contributed by atoms with E-state index in [1.807, 2.05) is 30.3 Å². The zero-order valence-corrected chi connectivity index (χ0v) is 17.5. The van der Waals surface area contributed by atoms with Crippen LogP contribution in [-0.2, 0) is 5.41 Å². The highest BCUT2D eigenvalue weighted by Crippen LogP contribution is 2.34. The smallest absolute Gasteiger partial charge is 0.119 e. The highest BCUT2D eigenvalue weighted by molar-refractivity contribution is 5.44. The maximum Gasteiger partial charge on any atom is 0.119 e. The molecule has 0 saturated carbocycles. The first kappa shape index (κ1) is 20.8. The van der Waals surface area contributed by atoms with Crippen LogP contribution in [0.3, 0.4) is 0 Å². The van der Waals surface area contributed by atoms with Gasteiger partial charge in [-0.1, -0.05) is 94.4 Å². The maximum atomic E-state index is 10.1. The molecule has 1 unspecified atom stereocenters. The third kappa shape index (κ3) is 5.72. The Labute approximate surface area is 164 Å². The van der Waals surface area contributed by atoms with Crippen molar-refractivity contribution in [1.29, 1.82) is 0 Å². The van der Waals surface area contributed by atoms with Crippen molar-refractivity contribution in [3.63, 3.8) is 0 Å². The molecule has 0 saturated heterocycles. The molecule has 0 fully saturated rings. The van der Waals surface area contributed by atoms with Gasteiger partial charge in [-0.15, -0.1) is 0 Å². The van der Waals surface area contributed by atoms with Crippen LogP contribution in [0.1, 0.15) is 61.4 Å². The average Bonchev–Trinajstić information content (AvgIpc) is 2.64. The molecule has 0 aromatic heterocycles. The zero-order chi connectivity index (χ0) is 20.0. The van der Waals surface area contributed by atoms with E-state index in [0.717, 1.165) is 5.56 Å². The molecule has 1 atom stereocenters. The van der Waals surface area contributed by atoms with Gasteiger partial charge >= 0.3 is 0 Å². The Morgan fingerprint density at radius 2 is 1.26 bits per heavy atom. The van der Waals surface area contributed by atoms with Gasteiger partial charge < -0.3 is 5.11 Å². The first-order valence-electron chi connectivity index (χ1n) is 9.60. The summed E-state index contributed by atoms with van der Waals surface area (Å²) in [6.45, 7) is 12.9. The van der Waals surface area contributed by atoms with Gasteiger partial charge in [-0.2, -0.15) is 0 Å². The van der Waals surface area contributed by atoms with Crippen molar-refractivity contribution >= 4 is 0 Å². The predicted octanol–water partition coefficient (Wildman–Crippen LogP) is 7.14. The Morgan fingerprint density at radius 1 is 0.741 bits per heavy atom. The predicted molar refractivity (Wildman–Crippen MR) is 117 cm³/mol. The summed E-state index contributed by atoms with van der Waals surface area (Å²) < 4.78 is 0. The molecule has 0 aliphatic heterocycles. The average molecular weight is 361 g/mol. The molecule has 0 radical (unpaired) electrons. The topological polar surface area (TPSA) is 20.2 Å². The number of phenols is 1. The van der Waals surface area contributed by atoms with Gasteiger partial charge in [0.25, 0.3) is 0 Å². The molecule has 0 aliphatic rings. The number of phenolic OH excluding ortho intramolecular Hbond substituents is 1. The second-order valence-corrected chi connectivity index (χ2v) is 8.24. The lowest BCUT2D eigenvalue weighted by molar-refractivity contribution is 0.464. The van der Waals surface area contributed by atoms with Gasteiger partial charge in [0.15, 0.2) is 0 Å². The summed E-state index contributed by atoms with van der Waals surface area (Å²) in [7, 11) is 0. The lowest BCUT2D eigenvalue weighted by Gasteiger charge is -2.22. The van der Waals surface area contributed by atoms with Gasteiger partial charge in [0.2, 0.25) is 0 Å². The molecule has 1 nitrogen and oxygen atoms in total. The van der Waals surface area contributed by atoms with E-state index < -0.39 is 0 Å². The second-order valence-electron chi connectivity index (χ2n) is 8.24. The van der Waals surface area contributed by atoms with Gasteiger partial charge in [-0.05, 0) is 47.6 Å². The summed E-state index contributed by atoms with van der Waals surface area (Å²) in [5, 5.41) is 10.1. The van der Waals surface area contributed by atoms with Crippen molar-refractivity contribution in [2.75, 3.05) is 0 Å². The van der Waals surface area contributed by atoms with E-state index in [1.54, 1.807) is 0 Å². The number of hydrogen-bond donors (Lipinski definition) is 1. The van der Waals surface area contributed by atoms with Crippen molar-refractivity contribution in [2.24, 2.45) is 0 Å². The lowest BCUT2D eigenvalue weighted by atomic mass is 9.83. The number of hydrogen-bond acceptors (Lipinski definition) is 1. The molecule has 1 N–H and O–H groups in total. The summed E-state index contributed by atoms with van der Waals surface area (Å²) in [5.41, 5.74) is 6.31. The molecule has 0 amide bonds. The van der Waals surface area contributed by atoms with Crippen molar-refractivity contribution < 1.29 is 5.11 Å². The molecule has 0 heterocycles. The number of benzene rings is 3. The van der Waals surface area contributed by atoms with Crippen LogP contribution in [0.5, 0.6) is 5.75 Å². The highest BCUT2D eigenvalue weighted by atomic mass is 16.3. The number of aryl methyl sites for hydroxylation is 2. The van der Waals surface area contributed by atoms with E-state index in [2.05, 4.69) is 84.0 Å². The first-order valence-corrected chi connectivity index (χ1v) is 9.60. The van der Waals surface area contributed by atoms with Crippen LogP contribution in [-0.4, -0.2) is 5.11 Å². The Morgan fingerprint density at radius 3 is 1.74 bits per heavy atom. The Hall–Kier alpha value is -2.54. The molecule has 1 heteroatoms. The molecule has 27 heavy (non-hydrogen) atoms. The van der Waals surface area contributed by atoms with Crippen LogP contribution in [0.4, 0.5) is 0 Å². The normalized spacial score (nSPS) is 12.1. The van der Waals surface area contributed by atoms with Gasteiger partial charge in [0, 0.05) is 11.5 Å². The quantitative estimate of drug-likeness (QED) is 0.514. The standard InChI is InChI=1S/C18H22O.C8H10/c1-13(14-8-6-5-7-9-14)16-12-15(18(2,3)4)10-11-17(16)19;1-7-5-3-4-6-8(7)2/h5-13,19H,1-4H3;3-6H,1-2H3. The maximum absolute atomic E-state index is 10.1. The van der Waals surface area contributed by atoms with Crippen molar-refractivity contribution in [3.05, 3.63) is 101 Å². The zero-order valence-electron chi connectivity index (χ0n) is 17.5. The fourth-order valence-corrected chi connectivity index (χ4v) is 2.95. The SMILES string of the molecule is CC(c1ccccc1)c1cc(C(C)(C)C)ccc1O.Cc1ccccc1C. The first-order chi connectivity index (χ1) is 12.7. The van der Waals surface area contributed by atoms with Crippen molar-refractivity contribution in [2.45, 2.75) is 52.9 Å². The van der Waals surface area contributed by atoms with Crippen LogP contribution >= 0.6 is 0 Å². The molecule has 142 valence electrons. The van der Waals surface area contributed by atoms with E-state index >= 15 is 0 Å². The van der Waals surface area contributed by atoms with Crippen LogP contribution in [0, 0.1) is 13.8 Å². The lowest BCUT2D eigenvalue weighted by Crippen LogP contribution is -2.11. The van der Waals surface area contributed by atoms with Crippen LogP contribution in [0.15, 0.2) is 72.8 Å². The second kappa shape index (κ2) is 8.90. The van der Waals surface area contributed by atoms with E-state index in [4.69, 9.17) is 0 Å². The summed E-state index contributed by atoms with van der Waals surface area (Å²) in [6.07, 6.45) is 0. The van der Waals surface area contributed by atoms with Crippen LogP contribution < -0.4 is 0 Å².